The molecule has 1 amide bonds. The summed E-state index contributed by atoms with van der Waals surface area (Å²) >= 11 is 0. The highest BCUT2D eigenvalue weighted by molar-refractivity contribution is 7.93. The van der Waals surface area contributed by atoms with Crippen molar-refractivity contribution in [1.29, 1.82) is 0 Å². The van der Waals surface area contributed by atoms with Gasteiger partial charge in [0.15, 0.2) is 0 Å². The number of carbonyl (C=O) groups excluding carboxylic acids is 1. The molecule has 228 valence electrons. The lowest BCUT2D eigenvalue weighted by atomic mass is 10.0. The van der Waals surface area contributed by atoms with Crippen LogP contribution in [-0.4, -0.2) is 38.6 Å². The number of carboxylic acids is 1. The number of benzene rings is 4. The first-order chi connectivity index (χ1) is 20.9. The van der Waals surface area contributed by atoms with Crippen molar-refractivity contribution in [2.45, 2.75) is 36.5 Å². The third kappa shape index (κ3) is 6.25. The quantitative estimate of drug-likeness (QED) is 0.256. The maximum Gasteiger partial charge on any atom is 0.416 e. The van der Waals surface area contributed by atoms with E-state index in [4.69, 9.17) is 9.84 Å². The molecule has 2 N–H and O–H groups in total. The van der Waals surface area contributed by atoms with E-state index >= 15 is 0 Å². The minimum absolute atomic E-state index is 0.0459. The molecule has 1 aliphatic heterocycles. The summed E-state index contributed by atoms with van der Waals surface area (Å²) in [6.07, 6.45) is -4.62. The number of aliphatic carboxylic acids is 1. The number of halogens is 3. The van der Waals surface area contributed by atoms with Crippen molar-refractivity contribution < 1.29 is 41.0 Å². The second kappa shape index (κ2) is 12.0. The molecule has 0 aliphatic carbocycles. The third-order valence-corrected chi connectivity index (χ3v) is 9.17. The molecule has 0 saturated carbocycles. The molecule has 8 nitrogen and oxygen atoms in total. The van der Waals surface area contributed by atoms with Gasteiger partial charge in [-0.25, -0.2) is 8.42 Å². The van der Waals surface area contributed by atoms with Gasteiger partial charge < -0.3 is 15.2 Å². The zero-order valence-corrected chi connectivity index (χ0v) is 24.2. The summed E-state index contributed by atoms with van der Waals surface area (Å²) < 4.78 is 74.3. The van der Waals surface area contributed by atoms with E-state index in [9.17, 15) is 31.2 Å². The molecule has 0 radical (unpaired) electrons. The Kier molecular flexibility index (Phi) is 8.38. The number of carboxylic acid groups (broad SMARTS) is 1. The maximum absolute atomic E-state index is 14.1. The predicted molar refractivity (Wildman–Crippen MR) is 157 cm³/mol. The molecular formula is C32H27F3N2O6S. The predicted octanol–water partition coefficient (Wildman–Crippen LogP) is 5.44. The lowest BCUT2D eigenvalue weighted by molar-refractivity contribution is -0.138. The first kappa shape index (κ1) is 30.6. The monoisotopic (exact) mass is 624 g/mol. The van der Waals surface area contributed by atoms with E-state index in [1.165, 1.54) is 43.5 Å². The zero-order valence-electron chi connectivity index (χ0n) is 23.3. The van der Waals surface area contributed by atoms with Crippen LogP contribution in [0, 0.1) is 0 Å². The number of fused-ring (bicyclic) bond motifs is 1. The fourth-order valence-corrected chi connectivity index (χ4v) is 6.80. The van der Waals surface area contributed by atoms with Crippen LogP contribution in [0.3, 0.4) is 0 Å². The Hall–Kier alpha value is -4.84. The first-order valence-corrected chi connectivity index (χ1v) is 14.9. The Morgan fingerprint density at radius 2 is 1.59 bits per heavy atom. The molecular weight excluding hydrogens is 597 g/mol. The average molecular weight is 625 g/mol. The van der Waals surface area contributed by atoms with E-state index in [0.717, 1.165) is 16.4 Å². The van der Waals surface area contributed by atoms with Gasteiger partial charge in [0.05, 0.1) is 29.7 Å². The molecule has 0 saturated heterocycles. The van der Waals surface area contributed by atoms with E-state index in [1.807, 2.05) is 0 Å². The molecule has 1 atom stereocenters. The van der Waals surface area contributed by atoms with Crippen LogP contribution in [0.25, 0.3) is 11.1 Å². The van der Waals surface area contributed by atoms with Gasteiger partial charge in [0, 0.05) is 18.5 Å². The molecule has 4 aromatic rings. The van der Waals surface area contributed by atoms with Crippen molar-refractivity contribution in [1.82, 2.24) is 5.32 Å². The molecule has 0 fully saturated rings. The average Bonchev–Trinajstić information content (AvgIpc) is 3.41. The van der Waals surface area contributed by atoms with Crippen molar-refractivity contribution in [3.8, 4) is 16.9 Å². The molecule has 4 aromatic carbocycles. The molecule has 1 unspecified atom stereocenters. The van der Waals surface area contributed by atoms with Crippen LogP contribution in [0.2, 0.25) is 0 Å². The highest BCUT2D eigenvalue weighted by Crippen LogP contribution is 2.42. The van der Waals surface area contributed by atoms with Crippen LogP contribution < -0.4 is 14.4 Å². The maximum atomic E-state index is 14.1. The number of amides is 1. The topological polar surface area (TPSA) is 113 Å². The number of alkyl halides is 3. The number of sulfonamides is 1. The van der Waals surface area contributed by atoms with E-state index in [-0.39, 0.29) is 35.5 Å². The Balaban J connectivity index is 1.43. The zero-order chi connectivity index (χ0) is 31.6. The first-order valence-electron chi connectivity index (χ1n) is 13.4. The van der Waals surface area contributed by atoms with Gasteiger partial charge in [-0.1, -0.05) is 54.6 Å². The van der Waals surface area contributed by atoms with Crippen LogP contribution in [0.15, 0.2) is 95.9 Å². The molecule has 1 aliphatic rings. The number of hydrogen-bond acceptors (Lipinski definition) is 5. The summed E-state index contributed by atoms with van der Waals surface area (Å²) in [4.78, 5) is 24.3. The minimum Gasteiger partial charge on any atom is -0.496 e. The lowest BCUT2D eigenvalue weighted by Crippen LogP contribution is -2.47. The standard InChI is InChI=1S/C32H27F3N2O6S/c1-43-29-7-3-6-27-26(29)18-28(31(40)36-19-21-10-8-20(9-11-21)16-30(38)39)37(27)44(41,42)25-14-12-22(13-15-25)23-4-2-5-24(17-23)32(33,34)35/h2-15,17,28H,16,18-19H2,1H3,(H,36,40)(H,38,39). The molecule has 1 heterocycles. The Labute approximate surface area is 251 Å². The van der Waals surface area contributed by atoms with Crippen LogP contribution in [0.1, 0.15) is 22.3 Å². The van der Waals surface area contributed by atoms with Crippen LogP contribution in [0.4, 0.5) is 18.9 Å². The van der Waals surface area contributed by atoms with Crippen LogP contribution in [0.5, 0.6) is 5.75 Å². The van der Waals surface area contributed by atoms with Gasteiger partial charge in [-0.3, -0.25) is 13.9 Å². The van der Waals surface area contributed by atoms with Crippen molar-refractivity contribution in [3.05, 3.63) is 113 Å². The molecule has 12 heteroatoms. The molecule has 0 bridgehead atoms. The van der Waals surface area contributed by atoms with Crippen LogP contribution in [-0.2, 0) is 45.2 Å². The van der Waals surface area contributed by atoms with Gasteiger partial charge in [-0.05, 0) is 58.7 Å². The Bertz CT molecular complexity index is 1810. The summed E-state index contributed by atoms with van der Waals surface area (Å²) in [6, 6.07) is 20.6. The largest absolute Gasteiger partial charge is 0.496 e. The number of rotatable bonds is 9. The molecule has 44 heavy (non-hydrogen) atoms. The third-order valence-electron chi connectivity index (χ3n) is 7.33. The Morgan fingerprint density at radius 3 is 2.23 bits per heavy atom. The summed E-state index contributed by atoms with van der Waals surface area (Å²) in [5.74, 6) is -1.09. The van der Waals surface area contributed by atoms with Gasteiger partial charge in [-0.2, -0.15) is 13.2 Å². The van der Waals surface area contributed by atoms with Crippen molar-refractivity contribution >= 4 is 27.6 Å². The van der Waals surface area contributed by atoms with Gasteiger partial charge in [0.2, 0.25) is 5.91 Å². The van der Waals surface area contributed by atoms with E-state index in [1.54, 1.807) is 42.5 Å². The normalized spacial score (nSPS) is 14.6. The van der Waals surface area contributed by atoms with Crippen molar-refractivity contribution in [2.75, 3.05) is 11.4 Å². The number of carbonyl (C=O) groups is 2. The summed E-state index contributed by atoms with van der Waals surface area (Å²) in [5.41, 5.74) is 1.96. The highest BCUT2D eigenvalue weighted by Gasteiger charge is 2.43. The van der Waals surface area contributed by atoms with E-state index in [0.29, 0.717) is 28.0 Å². The molecule has 5 rings (SSSR count). The SMILES string of the molecule is COc1cccc2c1CC(C(=O)NCc1ccc(CC(=O)O)cc1)N2S(=O)(=O)c1ccc(-c2cccc(C(F)(F)F)c2)cc1. The fourth-order valence-electron chi connectivity index (χ4n) is 5.16. The molecule has 0 spiro atoms. The fraction of sp³-hybridized carbons (Fsp3) is 0.188. The number of anilines is 1. The number of nitrogens with one attached hydrogen (secondary N) is 1. The second-order valence-electron chi connectivity index (χ2n) is 10.2. The van der Waals surface area contributed by atoms with Gasteiger partial charge in [0.25, 0.3) is 10.0 Å². The number of ether oxygens (including phenoxy) is 1. The smallest absolute Gasteiger partial charge is 0.416 e. The minimum atomic E-state index is -4.52. The van der Waals surface area contributed by atoms with E-state index < -0.39 is 39.7 Å². The summed E-state index contributed by atoms with van der Waals surface area (Å²) in [6.45, 7) is 0.0791. The second-order valence-corrected chi connectivity index (χ2v) is 12.0. The van der Waals surface area contributed by atoms with Crippen LogP contribution >= 0.6 is 0 Å². The van der Waals surface area contributed by atoms with Crippen molar-refractivity contribution in [2.24, 2.45) is 0 Å². The summed E-state index contributed by atoms with van der Waals surface area (Å²) in [7, 11) is -2.87. The van der Waals surface area contributed by atoms with Gasteiger partial charge >= 0.3 is 12.1 Å². The van der Waals surface area contributed by atoms with Crippen molar-refractivity contribution in [3.63, 3.8) is 0 Å². The summed E-state index contributed by atoms with van der Waals surface area (Å²) in [5, 5.41) is 11.7. The number of hydrogen-bond donors (Lipinski definition) is 2. The van der Waals surface area contributed by atoms with E-state index in [2.05, 4.69) is 5.32 Å². The van der Waals surface area contributed by atoms with Gasteiger partial charge in [-0.15, -0.1) is 0 Å². The number of nitrogens with zero attached hydrogens (tertiary/aromatic N) is 1. The molecule has 0 aromatic heterocycles. The lowest BCUT2D eigenvalue weighted by Gasteiger charge is -2.26. The van der Waals surface area contributed by atoms with Gasteiger partial charge in [0.1, 0.15) is 11.8 Å². The Morgan fingerprint density at radius 1 is 0.932 bits per heavy atom. The highest BCUT2D eigenvalue weighted by atomic mass is 32.2. The number of methoxy groups -OCH3 is 1.